The Hall–Kier alpha value is -2.44. The van der Waals surface area contributed by atoms with Crippen LogP contribution in [0.5, 0.6) is 17.2 Å². The minimum atomic E-state index is -0.859. The van der Waals surface area contributed by atoms with Gasteiger partial charge in [-0.2, -0.15) is 0 Å². The number of amides is 1. The molecule has 2 aliphatic rings. The Morgan fingerprint density at radius 1 is 1.30 bits per heavy atom. The molecule has 7 nitrogen and oxygen atoms in total. The normalized spacial score (nSPS) is 20.0. The SMILES string of the molecule is COc1cc(C(=O)N2CCCC(C(=O)O)C2)cc2c1OCCO2. The van der Waals surface area contributed by atoms with E-state index >= 15 is 0 Å². The van der Waals surface area contributed by atoms with Gasteiger partial charge in [-0.1, -0.05) is 0 Å². The summed E-state index contributed by atoms with van der Waals surface area (Å²) in [4.78, 5) is 25.4. The van der Waals surface area contributed by atoms with Crippen LogP contribution in [0.2, 0.25) is 0 Å². The van der Waals surface area contributed by atoms with Gasteiger partial charge >= 0.3 is 5.97 Å². The number of carbonyl (C=O) groups excluding carboxylic acids is 1. The second-order valence-corrected chi connectivity index (χ2v) is 5.63. The topological polar surface area (TPSA) is 85.3 Å². The summed E-state index contributed by atoms with van der Waals surface area (Å²) in [5, 5.41) is 9.15. The first kappa shape index (κ1) is 15.5. The fourth-order valence-electron chi connectivity index (χ4n) is 2.94. The van der Waals surface area contributed by atoms with Crippen LogP contribution in [0, 0.1) is 5.92 Å². The van der Waals surface area contributed by atoms with Crippen LogP contribution in [0.25, 0.3) is 0 Å². The van der Waals surface area contributed by atoms with E-state index in [4.69, 9.17) is 19.3 Å². The van der Waals surface area contributed by atoms with Gasteiger partial charge in [-0.05, 0) is 25.0 Å². The van der Waals surface area contributed by atoms with Gasteiger partial charge in [0.25, 0.3) is 5.91 Å². The number of fused-ring (bicyclic) bond motifs is 1. The van der Waals surface area contributed by atoms with Gasteiger partial charge in [0.15, 0.2) is 11.5 Å². The number of hydrogen-bond acceptors (Lipinski definition) is 5. The Morgan fingerprint density at radius 3 is 2.83 bits per heavy atom. The Kier molecular flexibility index (Phi) is 4.27. The van der Waals surface area contributed by atoms with Crippen LogP contribution in [0.15, 0.2) is 12.1 Å². The predicted molar refractivity (Wildman–Crippen MR) is 80.2 cm³/mol. The number of rotatable bonds is 3. The van der Waals surface area contributed by atoms with Crippen LogP contribution in [0.4, 0.5) is 0 Å². The van der Waals surface area contributed by atoms with E-state index in [1.807, 2.05) is 0 Å². The van der Waals surface area contributed by atoms with Crippen LogP contribution >= 0.6 is 0 Å². The number of hydrogen-bond donors (Lipinski definition) is 1. The molecule has 2 aliphatic heterocycles. The van der Waals surface area contributed by atoms with E-state index in [-0.39, 0.29) is 12.5 Å². The van der Waals surface area contributed by atoms with Gasteiger partial charge in [0.2, 0.25) is 5.75 Å². The smallest absolute Gasteiger partial charge is 0.308 e. The number of carboxylic acids is 1. The van der Waals surface area contributed by atoms with Crippen LogP contribution in [-0.4, -0.2) is 55.3 Å². The molecule has 0 aliphatic carbocycles. The van der Waals surface area contributed by atoms with Gasteiger partial charge < -0.3 is 24.2 Å². The van der Waals surface area contributed by atoms with E-state index in [0.717, 1.165) is 0 Å². The molecule has 0 aromatic heterocycles. The maximum Gasteiger partial charge on any atom is 0.308 e. The van der Waals surface area contributed by atoms with Crippen molar-refractivity contribution in [1.82, 2.24) is 4.90 Å². The van der Waals surface area contributed by atoms with E-state index < -0.39 is 11.9 Å². The van der Waals surface area contributed by atoms with Gasteiger partial charge in [0.05, 0.1) is 13.0 Å². The van der Waals surface area contributed by atoms with E-state index in [1.165, 1.54) is 7.11 Å². The molecule has 1 fully saturated rings. The molecule has 2 heterocycles. The summed E-state index contributed by atoms with van der Waals surface area (Å²) in [6.45, 7) is 1.63. The van der Waals surface area contributed by atoms with Crippen molar-refractivity contribution in [2.75, 3.05) is 33.4 Å². The summed E-state index contributed by atoms with van der Waals surface area (Å²) >= 11 is 0. The van der Waals surface area contributed by atoms with Crippen molar-refractivity contribution < 1.29 is 28.9 Å². The number of benzene rings is 1. The molecule has 1 N–H and O–H groups in total. The van der Waals surface area contributed by atoms with Gasteiger partial charge in [-0.15, -0.1) is 0 Å². The zero-order valence-electron chi connectivity index (χ0n) is 12.9. The van der Waals surface area contributed by atoms with E-state index in [2.05, 4.69) is 0 Å². The van der Waals surface area contributed by atoms with E-state index in [9.17, 15) is 9.59 Å². The van der Waals surface area contributed by atoms with Crippen LogP contribution in [0.1, 0.15) is 23.2 Å². The number of carbonyl (C=O) groups is 2. The Bertz CT molecular complexity index is 612. The molecule has 0 radical (unpaired) electrons. The van der Waals surface area contributed by atoms with Crippen LogP contribution in [-0.2, 0) is 4.79 Å². The van der Waals surface area contributed by atoms with Gasteiger partial charge in [0, 0.05) is 18.7 Å². The Morgan fingerprint density at radius 2 is 2.09 bits per heavy atom. The Balaban J connectivity index is 1.86. The first-order valence-corrected chi connectivity index (χ1v) is 7.60. The van der Waals surface area contributed by atoms with Gasteiger partial charge in [-0.3, -0.25) is 9.59 Å². The highest BCUT2D eigenvalue weighted by atomic mass is 16.6. The zero-order chi connectivity index (χ0) is 16.4. The molecule has 1 saturated heterocycles. The third kappa shape index (κ3) is 3.04. The lowest BCUT2D eigenvalue weighted by Crippen LogP contribution is -2.42. The van der Waals surface area contributed by atoms with Crippen molar-refractivity contribution in [2.24, 2.45) is 5.92 Å². The minimum absolute atomic E-state index is 0.216. The molecule has 7 heteroatoms. The molecule has 0 saturated carbocycles. The van der Waals surface area contributed by atoms with Crippen molar-refractivity contribution in [3.8, 4) is 17.2 Å². The Labute approximate surface area is 133 Å². The standard InChI is InChI=1S/C16H19NO6/c1-21-12-7-11(8-13-14(12)23-6-5-22-13)15(18)17-4-2-3-10(9-17)16(19)20/h7-8,10H,2-6,9H2,1H3,(H,19,20). The van der Waals surface area contributed by atoms with E-state index in [1.54, 1.807) is 17.0 Å². The lowest BCUT2D eigenvalue weighted by Gasteiger charge is -2.31. The zero-order valence-corrected chi connectivity index (χ0v) is 12.9. The molecule has 0 bridgehead atoms. The quantitative estimate of drug-likeness (QED) is 0.906. The fraction of sp³-hybridized carbons (Fsp3) is 0.500. The average Bonchev–Trinajstić information content (AvgIpc) is 2.60. The average molecular weight is 321 g/mol. The second-order valence-electron chi connectivity index (χ2n) is 5.63. The molecular weight excluding hydrogens is 302 g/mol. The first-order chi connectivity index (χ1) is 11.1. The molecule has 23 heavy (non-hydrogen) atoms. The summed E-state index contributed by atoms with van der Waals surface area (Å²) in [5.74, 6) is -0.166. The highest BCUT2D eigenvalue weighted by molar-refractivity contribution is 5.96. The molecule has 1 atom stereocenters. The summed E-state index contributed by atoms with van der Waals surface area (Å²) < 4.78 is 16.3. The summed E-state index contributed by atoms with van der Waals surface area (Å²) in [6.07, 6.45) is 1.29. The molecule has 124 valence electrons. The van der Waals surface area contributed by atoms with Gasteiger partial charge in [0.1, 0.15) is 13.2 Å². The third-order valence-corrected chi connectivity index (χ3v) is 4.13. The monoisotopic (exact) mass is 321 g/mol. The maximum atomic E-state index is 12.7. The largest absolute Gasteiger partial charge is 0.493 e. The summed E-state index contributed by atoms with van der Waals surface area (Å²) in [5.41, 5.74) is 0.414. The second kappa shape index (κ2) is 6.36. The van der Waals surface area contributed by atoms with Crippen LogP contribution in [0.3, 0.4) is 0 Å². The van der Waals surface area contributed by atoms with Crippen molar-refractivity contribution in [2.45, 2.75) is 12.8 Å². The summed E-state index contributed by atoms with van der Waals surface area (Å²) in [6, 6.07) is 3.24. The summed E-state index contributed by atoms with van der Waals surface area (Å²) in [7, 11) is 1.50. The third-order valence-electron chi connectivity index (χ3n) is 4.13. The van der Waals surface area contributed by atoms with Crippen molar-refractivity contribution >= 4 is 11.9 Å². The highest BCUT2D eigenvalue weighted by Gasteiger charge is 2.30. The molecule has 1 aromatic carbocycles. The lowest BCUT2D eigenvalue weighted by molar-refractivity contribution is -0.143. The predicted octanol–water partition coefficient (Wildman–Crippen LogP) is 1.40. The molecule has 3 rings (SSSR count). The number of nitrogens with zero attached hydrogens (tertiary/aromatic N) is 1. The number of aliphatic carboxylic acids is 1. The van der Waals surface area contributed by atoms with Crippen molar-refractivity contribution in [3.05, 3.63) is 17.7 Å². The maximum absolute atomic E-state index is 12.7. The van der Waals surface area contributed by atoms with Gasteiger partial charge in [-0.25, -0.2) is 0 Å². The molecule has 1 unspecified atom stereocenters. The minimum Gasteiger partial charge on any atom is -0.493 e. The molecule has 1 amide bonds. The van der Waals surface area contributed by atoms with E-state index in [0.29, 0.717) is 55.4 Å². The first-order valence-electron chi connectivity index (χ1n) is 7.60. The number of methoxy groups -OCH3 is 1. The molecular formula is C16H19NO6. The lowest BCUT2D eigenvalue weighted by atomic mass is 9.97. The fourth-order valence-corrected chi connectivity index (χ4v) is 2.94. The number of carboxylic acid groups (broad SMARTS) is 1. The number of piperidine rings is 1. The number of likely N-dealkylation sites (tertiary alicyclic amines) is 1. The highest BCUT2D eigenvalue weighted by Crippen LogP contribution is 2.40. The molecule has 1 aromatic rings. The number of ether oxygens (including phenoxy) is 3. The van der Waals surface area contributed by atoms with Crippen molar-refractivity contribution in [3.63, 3.8) is 0 Å². The molecule has 0 spiro atoms. The van der Waals surface area contributed by atoms with Crippen LogP contribution < -0.4 is 14.2 Å². The van der Waals surface area contributed by atoms with Crippen molar-refractivity contribution in [1.29, 1.82) is 0 Å².